The summed E-state index contributed by atoms with van der Waals surface area (Å²) in [6.45, 7) is 2.11. The number of aromatic nitrogens is 2. The third-order valence-electron chi connectivity index (χ3n) is 3.20. The molecule has 2 rings (SSSR count). The van der Waals surface area contributed by atoms with Gasteiger partial charge in [0.2, 0.25) is 5.95 Å². The van der Waals surface area contributed by atoms with Crippen LogP contribution in [0.1, 0.15) is 19.8 Å². The van der Waals surface area contributed by atoms with Crippen molar-refractivity contribution in [2.45, 2.75) is 25.8 Å². The van der Waals surface area contributed by atoms with E-state index in [4.69, 9.17) is 0 Å². The van der Waals surface area contributed by atoms with Crippen molar-refractivity contribution >= 4 is 11.8 Å². The first-order valence-electron chi connectivity index (χ1n) is 5.56. The highest BCUT2D eigenvalue weighted by atomic mass is 19.1. The minimum Gasteiger partial charge on any atom is -0.357 e. The van der Waals surface area contributed by atoms with E-state index >= 15 is 0 Å². The second-order valence-corrected chi connectivity index (χ2v) is 4.30. The molecule has 1 unspecified atom stereocenters. The maximum atomic E-state index is 13.6. The van der Waals surface area contributed by atoms with Crippen LogP contribution in [0.4, 0.5) is 16.2 Å². The monoisotopic (exact) mass is 224 g/mol. The number of halogens is 1. The molecule has 0 aromatic carbocycles. The molecule has 0 saturated heterocycles. The second kappa shape index (κ2) is 4.23. The van der Waals surface area contributed by atoms with E-state index in [1.807, 2.05) is 11.9 Å². The third-order valence-corrected chi connectivity index (χ3v) is 3.20. The summed E-state index contributed by atoms with van der Waals surface area (Å²) in [5.74, 6) is 1.14. The van der Waals surface area contributed by atoms with Gasteiger partial charge in [0.05, 0.1) is 6.20 Å². The molecule has 1 N–H and O–H groups in total. The molecular weight excluding hydrogens is 207 g/mol. The fraction of sp³-hybridized carbons (Fsp3) is 0.636. The number of hydrogen-bond donors (Lipinski definition) is 1. The summed E-state index contributed by atoms with van der Waals surface area (Å²) in [6.07, 6.45) is 3.68. The van der Waals surface area contributed by atoms with Gasteiger partial charge in [0.1, 0.15) is 0 Å². The van der Waals surface area contributed by atoms with Crippen LogP contribution in [0.25, 0.3) is 0 Å². The van der Waals surface area contributed by atoms with Crippen LogP contribution in [0, 0.1) is 11.7 Å². The molecule has 1 heterocycles. The third kappa shape index (κ3) is 2.08. The Balaban J connectivity index is 2.23. The fourth-order valence-electron chi connectivity index (χ4n) is 1.81. The zero-order chi connectivity index (χ0) is 11.7. The van der Waals surface area contributed by atoms with Gasteiger partial charge in [-0.25, -0.2) is 9.37 Å². The van der Waals surface area contributed by atoms with E-state index in [2.05, 4.69) is 22.2 Å². The number of anilines is 2. The Labute approximate surface area is 94.9 Å². The zero-order valence-corrected chi connectivity index (χ0v) is 9.87. The van der Waals surface area contributed by atoms with Gasteiger partial charge in [0.15, 0.2) is 11.6 Å². The topological polar surface area (TPSA) is 41.1 Å². The molecule has 1 saturated carbocycles. The van der Waals surface area contributed by atoms with Crippen LogP contribution in [0.5, 0.6) is 0 Å². The van der Waals surface area contributed by atoms with Gasteiger partial charge in [-0.15, -0.1) is 0 Å². The Hall–Kier alpha value is -1.39. The smallest absolute Gasteiger partial charge is 0.224 e. The average Bonchev–Trinajstić information content (AvgIpc) is 3.12. The molecule has 1 aromatic rings. The first-order chi connectivity index (χ1) is 7.63. The van der Waals surface area contributed by atoms with E-state index in [9.17, 15) is 4.39 Å². The molecule has 1 aliphatic carbocycles. The molecule has 0 amide bonds. The molecule has 1 aromatic heterocycles. The largest absolute Gasteiger partial charge is 0.357 e. The lowest BCUT2D eigenvalue weighted by molar-refractivity contribution is 0.564. The van der Waals surface area contributed by atoms with E-state index in [-0.39, 0.29) is 5.82 Å². The molecule has 1 atom stereocenters. The summed E-state index contributed by atoms with van der Waals surface area (Å²) < 4.78 is 13.6. The Morgan fingerprint density at radius 2 is 2.25 bits per heavy atom. The number of nitrogens with one attached hydrogen (secondary N) is 1. The summed E-state index contributed by atoms with van der Waals surface area (Å²) in [5, 5.41) is 2.82. The van der Waals surface area contributed by atoms with Crippen molar-refractivity contribution in [2.24, 2.45) is 5.92 Å². The summed E-state index contributed by atoms with van der Waals surface area (Å²) in [5.41, 5.74) is 0. The first-order valence-corrected chi connectivity index (χ1v) is 5.56. The van der Waals surface area contributed by atoms with Gasteiger partial charge in [-0.1, -0.05) is 0 Å². The number of nitrogens with zero attached hydrogens (tertiary/aromatic N) is 3. The highest BCUT2D eigenvalue weighted by Crippen LogP contribution is 2.36. The summed E-state index contributed by atoms with van der Waals surface area (Å²) in [4.78, 5) is 9.88. The fourth-order valence-corrected chi connectivity index (χ4v) is 1.81. The van der Waals surface area contributed by atoms with Crippen molar-refractivity contribution in [3.05, 3.63) is 12.0 Å². The minimum atomic E-state index is -0.367. The molecule has 0 spiro atoms. The van der Waals surface area contributed by atoms with Crippen LogP contribution in [0.3, 0.4) is 0 Å². The standard InChI is InChI=1S/C11H17FN4/c1-7(8-4-5-8)16(3)10-9(12)6-14-11(13-2)15-10/h6-8H,4-5H2,1-3H3,(H,13,14,15). The average molecular weight is 224 g/mol. The van der Waals surface area contributed by atoms with Crippen LogP contribution in [0.2, 0.25) is 0 Å². The van der Waals surface area contributed by atoms with E-state index in [1.54, 1.807) is 7.05 Å². The van der Waals surface area contributed by atoms with Crippen LogP contribution >= 0.6 is 0 Å². The normalized spacial score (nSPS) is 17.0. The molecular formula is C11H17FN4. The Morgan fingerprint density at radius 3 is 2.81 bits per heavy atom. The van der Waals surface area contributed by atoms with Gasteiger partial charge < -0.3 is 10.2 Å². The zero-order valence-electron chi connectivity index (χ0n) is 9.87. The van der Waals surface area contributed by atoms with Crippen LogP contribution < -0.4 is 10.2 Å². The molecule has 1 fully saturated rings. The molecule has 88 valence electrons. The number of hydrogen-bond acceptors (Lipinski definition) is 4. The SMILES string of the molecule is CNc1ncc(F)c(N(C)C(C)C2CC2)n1. The summed E-state index contributed by atoms with van der Waals surface area (Å²) >= 11 is 0. The quantitative estimate of drug-likeness (QED) is 0.848. The molecule has 0 aliphatic heterocycles. The summed E-state index contributed by atoms with van der Waals surface area (Å²) in [7, 11) is 3.61. The van der Waals surface area contributed by atoms with Gasteiger partial charge in [-0.3, -0.25) is 0 Å². The van der Waals surface area contributed by atoms with Crippen LogP contribution in [-0.4, -0.2) is 30.1 Å². The van der Waals surface area contributed by atoms with Crippen molar-refractivity contribution in [3.63, 3.8) is 0 Å². The van der Waals surface area contributed by atoms with Crippen LogP contribution in [0.15, 0.2) is 6.20 Å². The van der Waals surface area contributed by atoms with Crippen molar-refractivity contribution in [3.8, 4) is 0 Å². The maximum Gasteiger partial charge on any atom is 0.224 e. The van der Waals surface area contributed by atoms with E-state index in [0.717, 1.165) is 0 Å². The second-order valence-electron chi connectivity index (χ2n) is 4.30. The van der Waals surface area contributed by atoms with Crippen molar-refractivity contribution in [2.75, 3.05) is 24.3 Å². The molecule has 1 aliphatic rings. The van der Waals surface area contributed by atoms with E-state index in [0.29, 0.717) is 23.7 Å². The van der Waals surface area contributed by atoms with Gasteiger partial charge in [0, 0.05) is 20.1 Å². The minimum absolute atomic E-state index is 0.328. The van der Waals surface area contributed by atoms with Crippen LogP contribution in [-0.2, 0) is 0 Å². The van der Waals surface area contributed by atoms with E-state index < -0.39 is 0 Å². The lowest BCUT2D eigenvalue weighted by atomic mass is 10.2. The first kappa shape index (κ1) is 11.1. The number of rotatable bonds is 4. The predicted molar refractivity (Wildman–Crippen MR) is 62.1 cm³/mol. The summed E-state index contributed by atoms with van der Waals surface area (Å²) in [6, 6.07) is 0.328. The highest BCUT2D eigenvalue weighted by molar-refractivity contribution is 5.44. The van der Waals surface area contributed by atoms with Gasteiger partial charge in [-0.05, 0) is 25.7 Å². The molecule has 16 heavy (non-hydrogen) atoms. The van der Waals surface area contributed by atoms with Crippen molar-refractivity contribution < 1.29 is 4.39 Å². The lowest BCUT2D eigenvalue weighted by Gasteiger charge is -2.26. The Bertz CT molecular complexity index is 378. The van der Waals surface area contributed by atoms with Crippen molar-refractivity contribution in [1.82, 2.24) is 9.97 Å². The molecule has 0 bridgehead atoms. The van der Waals surface area contributed by atoms with Gasteiger partial charge in [0.25, 0.3) is 0 Å². The predicted octanol–water partition coefficient (Wildman–Crippen LogP) is 1.89. The van der Waals surface area contributed by atoms with Crippen molar-refractivity contribution in [1.29, 1.82) is 0 Å². The molecule has 4 nitrogen and oxygen atoms in total. The van der Waals surface area contributed by atoms with E-state index in [1.165, 1.54) is 19.0 Å². The highest BCUT2D eigenvalue weighted by Gasteiger charge is 2.32. The maximum absolute atomic E-state index is 13.6. The van der Waals surface area contributed by atoms with Gasteiger partial charge in [-0.2, -0.15) is 4.98 Å². The van der Waals surface area contributed by atoms with Gasteiger partial charge >= 0.3 is 0 Å². The molecule has 0 radical (unpaired) electrons. The Morgan fingerprint density at radius 1 is 1.56 bits per heavy atom. The lowest BCUT2D eigenvalue weighted by Crippen LogP contribution is -2.32. The Kier molecular flexibility index (Phi) is 2.94. The molecule has 5 heteroatoms.